The number of nitrogens with one attached hydrogen (secondary N) is 1. The van der Waals surface area contributed by atoms with Crippen LogP contribution in [0.25, 0.3) is 0 Å². The molecule has 0 bridgehead atoms. The Morgan fingerprint density at radius 3 is 2.29 bits per heavy atom. The first-order valence-corrected chi connectivity index (χ1v) is 7.39. The lowest BCUT2D eigenvalue weighted by Crippen LogP contribution is -2.52. The number of likely N-dealkylation sites (tertiary alicyclic amines) is 1. The van der Waals surface area contributed by atoms with Gasteiger partial charge in [-0.3, -0.25) is 19.3 Å². The highest BCUT2D eigenvalue weighted by Gasteiger charge is 2.72. The summed E-state index contributed by atoms with van der Waals surface area (Å²) in [5.41, 5.74) is -1.08. The normalized spacial score (nSPS) is 29.1. The number of likely N-dealkylation sites (N-methyl/N-ethyl adjacent to an activating group) is 1. The number of imide groups is 1. The number of ether oxygens (including phenoxy) is 1. The number of fused-ring (bicyclic) bond motifs is 1. The second kappa shape index (κ2) is 5.09. The Morgan fingerprint density at radius 1 is 1.33 bits per heavy atom. The second-order valence-corrected chi connectivity index (χ2v) is 6.71. The summed E-state index contributed by atoms with van der Waals surface area (Å²) in [6.45, 7) is 8.38. The second-order valence-electron chi connectivity index (χ2n) is 6.71. The number of rotatable bonds is 6. The smallest absolute Gasteiger partial charge is 0.325 e. The highest BCUT2D eigenvalue weighted by atomic mass is 16.5. The van der Waals surface area contributed by atoms with Gasteiger partial charge in [-0.2, -0.15) is 0 Å². The van der Waals surface area contributed by atoms with E-state index in [1.54, 1.807) is 6.92 Å². The van der Waals surface area contributed by atoms with Crippen LogP contribution in [0.5, 0.6) is 0 Å². The zero-order chi connectivity index (χ0) is 16.0. The molecular weight excluding hydrogens is 272 g/mol. The number of piperidine rings is 1. The minimum Gasteiger partial charge on any atom is -0.468 e. The summed E-state index contributed by atoms with van der Waals surface area (Å²) < 4.78 is 4.81. The van der Waals surface area contributed by atoms with Crippen LogP contribution < -0.4 is 5.32 Å². The number of hydrogen-bond acceptors (Lipinski definition) is 5. The number of esters is 1. The van der Waals surface area contributed by atoms with E-state index in [9.17, 15) is 14.4 Å². The van der Waals surface area contributed by atoms with E-state index in [0.29, 0.717) is 13.0 Å². The van der Waals surface area contributed by atoms with E-state index in [0.717, 1.165) is 0 Å². The largest absolute Gasteiger partial charge is 0.468 e. The number of methoxy groups -OCH3 is 1. The summed E-state index contributed by atoms with van der Waals surface area (Å²) in [5.74, 6) is -0.923. The van der Waals surface area contributed by atoms with Gasteiger partial charge in [0.2, 0.25) is 11.8 Å². The molecule has 1 heterocycles. The van der Waals surface area contributed by atoms with Gasteiger partial charge in [-0.25, -0.2) is 0 Å². The Balaban J connectivity index is 2.02. The third kappa shape index (κ3) is 2.35. The summed E-state index contributed by atoms with van der Waals surface area (Å²) in [6, 6.07) is 0. The number of carbonyl (C=O) groups excluding carboxylic acids is 3. The lowest BCUT2D eigenvalue weighted by Gasteiger charge is -2.30. The van der Waals surface area contributed by atoms with E-state index < -0.39 is 5.54 Å². The van der Waals surface area contributed by atoms with E-state index in [1.165, 1.54) is 12.0 Å². The Kier molecular flexibility index (Phi) is 3.86. The van der Waals surface area contributed by atoms with Crippen molar-refractivity contribution in [3.63, 3.8) is 0 Å². The van der Waals surface area contributed by atoms with Crippen molar-refractivity contribution in [2.75, 3.05) is 20.2 Å². The SMILES string of the molecule is CCNC(C)(CCN1C(=O)C2C(C1=O)C2(C)C)C(=O)OC. The van der Waals surface area contributed by atoms with Crippen LogP contribution in [0.2, 0.25) is 0 Å². The highest BCUT2D eigenvalue weighted by molar-refractivity contribution is 6.10. The molecule has 2 aliphatic rings. The first-order valence-electron chi connectivity index (χ1n) is 7.39. The van der Waals surface area contributed by atoms with E-state index in [-0.39, 0.29) is 41.6 Å². The van der Waals surface area contributed by atoms with Crippen LogP contribution >= 0.6 is 0 Å². The molecule has 1 aliphatic heterocycles. The fourth-order valence-corrected chi connectivity index (χ4v) is 3.44. The van der Waals surface area contributed by atoms with Gasteiger partial charge in [0.15, 0.2) is 0 Å². The van der Waals surface area contributed by atoms with Crippen molar-refractivity contribution in [1.29, 1.82) is 0 Å². The lowest BCUT2D eigenvalue weighted by atomic mass is 9.97. The van der Waals surface area contributed by atoms with E-state index in [2.05, 4.69) is 5.32 Å². The first-order chi connectivity index (χ1) is 9.70. The van der Waals surface area contributed by atoms with Gasteiger partial charge in [-0.1, -0.05) is 20.8 Å². The topological polar surface area (TPSA) is 75.7 Å². The van der Waals surface area contributed by atoms with Gasteiger partial charge in [0.05, 0.1) is 18.9 Å². The summed E-state index contributed by atoms with van der Waals surface area (Å²) >= 11 is 0. The summed E-state index contributed by atoms with van der Waals surface area (Å²) in [7, 11) is 1.34. The maximum atomic E-state index is 12.3. The predicted octanol–water partition coefficient (Wildman–Crippen LogP) is 0.559. The Morgan fingerprint density at radius 2 is 1.86 bits per heavy atom. The fourth-order valence-electron chi connectivity index (χ4n) is 3.44. The van der Waals surface area contributed by atoms with Crippen molar-refractivity contribution < 1.29 is 19.1 Å². The molecule has 3 atom stereocenters. The molecule has 0 spiro atoms. The Bertz CT molecular complexity index is 464. The molecule has 0 radical (unpaired) electrons. The number of amides is 2. The van der Waals surface area contributed by atoms with Gasteiger partial charge in [-0.15, -0.1) is 0 Å². The predicted molar refractivity (Wildman–Crippen MR) is 76.2 cm³/mol. The molecule has 1 saturated heterocycles. The van der Waals surface area contributed by atoms with Gasteiger partial charge >= 0.3 is 5.97 Å². The van der Waals surface area contributed by atoms with E-state index >= 15 is 0 Å². The van der Waals surface area contributed by atoms with Crippen molar-refractivity contribution in [1.82, 2.24) is 10.2 Å². The number of nitrogens with zero attached hydrogens (tertiary/aromatic N) is 1. The molecule has 0 aromatic carbocycles. The van der Waals surface area contributed by atoms with Crippen molar-refractivity contribution in [3.8, 4) is 0 Å². The first kappa shape index (κ1) is 15.9. The summed E-state index contributed by atoms with van der Waals surface area (Å²) in [6.07, 6.45) is 0.352. The molecule has 2 rings (SSSR count). The standard InChI is InChI=1S/C15H24N2O4/c1-6-16-15(4,13(20)21-5)7-8-17-11(18)9-10(12(17)19)14(9,2)3/h9-10,16H,6-8H2,1-5H3. The third-order valence-electron chi connectivity index (χ3n) is 4.93. The summed E-state index contributed by atoms with van der Waals surface area (Å²) in [5, 5.41) is 3.08. The molecule has 1 N–H and O–H groups in total. The monoisotopic (exact) mass is 296 g/mol. The lowest BCUT2D eigenvalue weighted by molar-refractivity contribution is -0.150. The minimum absolute atomic E-state index is 0.0984. The van der Waals surface area contributed by atoms with E-state index in [4.69, 9.17) is 4.74 Å². The van der Waals surface area contributed by atoms with Gasteiger partial charge in [-0.05, 0) is 25.3 Å². The molecule has 0 aromatic rings. The van der Waals surface area contributed by atoms with Crippen LogP contribution in [0.3, 0.4) is 0 Å². The van der Waals surface area contributed by atoms with Gasteiger partial charge in [0.1, 0.15) is 5.54 Å². The Hall–Kier alpha value is -1.43. The number of hydrogen-bond donors (Lipinski definition) is 1. The minimum atomic E-state index is -0.883. The van der Waals surface area contributed by atoms with Crippen molar-refractivity contribution in [3.05, 3.63) is 0 Å². The highest BCUT2D eigenvalue weighted by Crippen LogP contribution is 2.63. The van der Waals surface area contributed by atoms with Crippen LogP contribution in [0.1, 0.15) is 34.1 Å². The molecule has 2 amide bonds. The van der Waals surface area contributed by atoms with Crippen LogP contribution in [-0.2, 0) is 19.1 Å². The zero-order valence-electron chi connectivity index (χ0n) is 13.4. The van der Waals surface area contributed by atoms with Crippen LogP contribution in [0.15, 0.2) is 0 Å². The van der Waals surface area contributed by atoms with Crippen molar-refractivity contribution in [2.45, 2.75) is 39.7 Å². The molecular formula is C15H24N2O4. The van der Waals surface area contributed by atoms with Gasteiger partial charge < -0.3 is 10.1 Å². The molecule has 21 heavy (non-hydrogen) atoms. The van der Waals surface area contributed by atoms with E-state index in [1.807, 2.05) is 20.8 Å². The molecule has 1 aliphatic carbocycles. The molecule has 2 fully saturated rings. The fraction of sp³-hybridized carbons (Fsp3) is 0.800. The van der Waals surface area contributed by atoms with Crippen molar-refractivity contribution in [2.24, 2.45) is 17.3 Å². The molecule has 6 heteroatoms. The molecule has 0 aromatic heterocycles. The zero-order valence-corrected chi connectivity index (χ0v) is 13.4. The van der Waals surface area contributed by atoms with Gasteiger partial charge in [0.25, 0.3) is 0 Å². The molecule has 1 saturated carbocycles. The van der Waals surface area contributed by atoms with Crippen molar-refractivity contribution >= 4 is 17.8 Å². The Labute approximate surface area is 125 Å². The summed E-state index contributed by atoms with van der Waals surface area (Å²) in [4.78, 5) is 37.7. The molecule has 3 unspecified atom stereocenters. The molecule has 118 valence electrons. The van der Waals surface area contributed by atoms with Crippen LogP contribution in [0, 0.1) is 17.3 Å². The maximum Gasteiger partial charge on any atom is 0.325 e. The van der Waals surface area contributed by atoms with Crippen LogP contribution in [0.4, 0.5) is 0 Å². The average molecular weight is 296 g/mol. The maximum absolute atomic E-state index is 12.3. The van der Waals surface area contributed by atoms with Crippen LogP contribution in [-0.4, -0.2) is 48.4 Å². The number of carbonyl (C=O) groups is 3. The third-order valence-corrected chi connectivity index (χ3v) is 4.93. The average Bonchev–Trinajstić information content (AvgIpc) is 2.88. The quantitative estimate of drug-likeness (QED) is 0.572. The van der Waals surface area contributed by atoms with Gasteiger partial charge in [0, 0.05) is 6.54 Å². The molecule has 6 nitrogen and oxygen atoms in total.